The molecule has 0 amide bonds. The van der Waals surface area contributed by atoms with Gasteiger partial charge in [-0.25, -0.2) is 22.0 Å². The van der Waals surface area contributed by atoms with E-state index in [1.165, 1.54) is 20.8 Å². The average Bonchev–Trinajstić information content (AvgIpc) is 2.42. The van der Waals surface area contributed by atoms with Crippen molar-refractivity contribution in [1.29, 1.82) is 0 Å². The molecule has 0 spiro atoms. The maximum atomic E-state index is 13.6. The zero-order valence-electron chi connectivity index (χ0n) is 11.6. The molecule has 0 aliphatic carbocycles. The predicted molar refractivity (Wildman–Crippen MR) is 64.0 cm³/mol. The van der Waals surface area contributed by atoms with E-state index in [4.69, 9.17) is 5.11 Å². The molecule has 0 aliphatic rings. The lowest BCUT2D eigenvalue weighted by Crippen LogP contribution is -2.49. The highest BCUT2D eigenvalue weighted by molar-refractivity contribution is 5.77. The molecule has 118 valence electrons. The van der Waals surface area contributed by atoms with Crippen LogP contribution in [0.4, 0.5) is 22.0 Å². The number of carbonyl (C=O) groups is 1. The van der Waals surface area contributed by atoms with Crippen LogP contribution in [0.2, 0.25) is 0 Å². The average molecular weight is 311 g/mol. The molecule has 8 heteroatoms. The van der Waals surface area contributed by atoms with E-state index in [0.717, 1.165) is 4.90 Å². The van der Waals surface area contributed by atoms with Gasteiger partial charge in [0.1, 0.15) is 5.54 Å². The van der Waals surface area contributed by atoms with Crippen LogP contribution in [-0.4, -0.2) is 28.1 Å². The SMILES string of the molecule is CCN(Cc1c(F)c(F)c(F)c(F)c1F)C(C)(C)C(=O)O. The fraction of sp³-hybridized carbons (Fsp3) is 0.462. The summed E-state index contributed by atoms with van der Waals surface area (Å²) >= 11 is 0. The molecule has 0 fully saturated rings. The Morgan fingerprint density at radius 3 is 1.71 bits per heavy atom. The van der Waals surface area contributed by atoms with Crippen LogP contribution in [0.25, 0.3) is 0 Å². The zero-order chi connectivity index (χ0) is 16.5. The highest BCUT2D eigenvalue weighted by atomic mass is 19.2. The summed E-state index contributed by atoms with van der Waals surface area (Å²) in [4.78, 5) is 12.2. The van der Waals surface area contributed by atoms with Crippen molar-refractivity contribution in [3.05, 3.63) is 34.6 Å². The van der Waals surface area contributed by atoms with Crippen LogP contribution < -0.4 is 0 Å². The molecule has 3 nitrogen and oxygen atoms in total. The Kier molecular flexibility index (Phi) is 4.93. The van der Waals surface area contributed by atoms with Gasteiger partial charge in [0.15, 0.2) is 23.3 Å². The lowest BCUT2D eigenvalue weighted by molar-refractivity contribution is -0.149. The lowest BCUT2D eigenvalue weighted by Gasteiger charge is -2.34. The third-order valence-corrected chi connectivity index (χ3v) is 3.35. The van der Waals surface area contributed by atoms with Gasteiger partial charge in [0.2, 0.25) is 5.82 Å². The fourth-order valence-corrected chi connectivity index (χ4v) is 1.82. The van der Waals surface area contributed by atoms with Gasteiger partial charge in [0.05, 0.1) is 0 Å². The Labute approximate surface area is 118 Å². The number of nitrogens with zero attached hydrogens (tertiary/aromatic N) is 1. The Bertz CT molecular complexity index is 545. The summed E-state index contributed by atoms with van der Waals surface area (Å²) in [5, 5.41) is 9.08. The Balaban J connectivity index is 3.33. The first-order valence-corrected chi connectivity index (χ1v) is 6.04. The van der Waals surface area contributed by atoms with Crippen LogP contribution in [0.5, 0.6) is 0 Å². The molecule has 1 rings (SSSR count). The standard InChI is InChI=1S/C13H14F5NO2/c1-4-19(13(2,3)12(20)21)5-6-7(14)9(16)11(18)10(17)8(6)15/h4-5H2,1-3H3,(H,20,21). The van der Waals surface area contributed by atoms with Gasteiger partial charge in [-0.15, -0.1) is 0 Å². The molecule has 1 aromatic rings. The van der Waals surface area contributed by atoms with Gasteiger partial charge >= 0.3 is 5.97 Å². The molecule has 0 bridgehead atoms. The number of halogens is 5. The highest BCUT2D eigenvalue weighted by Gasteiger charge is 2.36. The molecule has 0 unspecified atom stereocenters. The van der Waals surface area contributed by atoms with Crippen molar-refractivity contribution in [2.75, 3.05) is 6.54 Å². The van der Waals surface area contributed by atoms with Crippen molar-refractivity contribution in [3.63, 3.8) is 0 Å². The molecular formula is C13H14F5NO2. The van der Waals surface area contributed by atoms with E-state index in [0.29, 0.717) is 0 Å². The van der Waals surface area contributed by atoms with Gasteiger partial charge in [-0.1, -0.05) is 6.92 Å². The fourth-order valence-electron chi connectivity index (χ4n) is 1.82. The molecule has 0 atom stereocenters. The molecule has 0 aliphatic heterocycles. The Morgan fingerprint density at radius 2 is 1.38 bits per heavy atom. The summed E-state index contributed by atoms with van der Waals surface area (Å²) in [5.74, 6) is -11.5. The van der Waals surface area contributed by atoms with Gasteiger partial charge in [-0.3, -0.25) is 9.69 Å². The quantitative estimate of drug-likeness (QED) is 0.516. The minimum Gasteiger partial charge on any atom is -0.480 e. The number of benzene rings is 1. The van der Waals surface area contributed by atoms with Crippen LogP contribution in [0, 0.1) is 29.1 Å². The van der Waals surface area contributed by atoms with Gasteiger partial charge < -0.3 is 5.11 Å². The van der Waals surface area contributed by atoms with E-state index < -0.39 is 52.7 Å². The topological polar surface area (TPSA) is 40.5 Å². The maximum absolute atomic E-state index is 13.6. The van der Waals surface area contributed by atoms with Crippen molar-refractivity contribution in [2.24, 2.45) is 0 Å². The first kappa shape index (κ1) is 17.4. The van der Waals surface area contributed by atoms with Crippen LogP contribution in [0.3, 0.4) is 0 Å². The normalized spacial score (nSPS) is 12.0. The summed E-state index contributed by atoms with van der Waals surface area (Å²) in [5.41, 5.74) is -2.59. The van der Waals surface area contributed by atoms with Gasteiger partial charge in [0.25, 0.3) is 0 Å². The predicted octanol–water partition coefficient (Wildman–Crippen LogP) is 3.07. The Morgan fingerprint density at radius 1 is 1.00 bits per heavy atom. The second-order valence-electron chi connectivity index (χ2n) is 4.93. The van der Waals surface area contributed by atoms with E-state index in [1.54, 1.807) is 0 Å². The van der Waals surface area contributed by atoms with Crippen LogP contribution in [0.1, 0.15) is 26.3 Å². The van der Waals surface area contributed by atoms with Crippen LogP contribution >= 0.6 is 0 Å². The molecule has 0 aromatic heterocycles. The number of rotatable bonds is 5. The van der Waals surface area contributed by atoms with Crippen molar-refractivity contribution in [1.82, 2.24) is 4.90 Å². The van der Waals surface area contributed by atoms with Crippen LogP contribution in [0.15, 0.2) is 0 Å². The Hall–Kier alpha value is -1.70. The zero-order valence-corrected chi connectivity index (χ0v) is 11.6. The first-order chi connectivity index (χ1) is 9.55. The first-order valence-electron chi connectivity index (χ1n) is 6.04. The van der Waals surface area contributed by atoms with Crippen molar-refractivity contribution in [2.45, 2.75) is 32.9 Å². The van der Waals surface area contributed by atoms with Crippen molar-refractivity contribution in [3.8, 4) is 0 Å². The van der Waals surface area contributed by atoms with E-state index >= 15 is 0 Å². The number of aliphatic carboxylic acids is 1. The second-order valence-corrected chi connectivity index (χ2v) is 4.93. The largest absolute Gasteiger partial charge is 0.480 e. The van der Waals surface area contributed by atoms with E-state index in [-0.39, 0.29) is 6.54 Å². The number of hydrogen-bond donors (Lipinski definition) is 1. The minimum atomic E-state index is -2.24. The minimum absolute atomic E-state index is 0.0405. The van der Waals surface area contributed by atoms with Gasteiger partial charge in [-0.05, 0) is 20.4 Å². The van der Waals surface area contributed by atoms with E-state index in [1.807, 2.05) is 0 Å². The highest BCUT2D eigenvalue weighted by Crippen LogP contribution is 2.26. The number of likely N-dealkylation sites (N-methyl/N-ethyl adjacent to an activating group) is 1. The molecular weight excluding hydrogens is 297 g/mol. The molecule has 1 aromatic carbocycles. The van der Waals surface area contributed by atoms with E-state index in [2.05, 4.69) is 0 Å². The van der Waals surface area contributed by atoms with Gasteiger partial charge in [0, 0.05) is 12.1 Å². The molecule has 0 heterocycles. The second kappa shape index (κ2) is 5.97. The summed E-state index contributed by atoms with van der Waals surface area (Å²) in [6, 6.07) is 0. The van der Waals surface area contributed by atoms with E-state index in [9.17, 15) is 26.7 Å². The van der Waals surface area contributed by atoms with Crippen molar-refractivity contribution >= 4 is 5.97 Å². The molecule has 0 radical (unpaired) electrons. The number of hydrogen-bond acceptors (Lipinski definition) is 2. The molecule has 0 saturated heterocycles. The third-order valence-electron chi connectivity index (χ3n) is 3.35. The summed E-state index contributed by atoms with van der Waals surface area (Å²) < 4.78 is 66.4. The number of carboxylic acid groups (broad SMARTS) is 1. The molecule has 1 N–H and O–H groups in total. The van der Waals surface area contributed by atoms with Crippen molar-refractivity contribution < 1.29 is 31.9 Å². The molecule has 0 saturated carbocycles. The monoisotopic (exact) mass is 311 g/mol. The summed E-state index contributed by atoms with van der Waals surface area (Å²) in [6.07, 6.45) is 0. The summed E-state index contributed by atoms with van der Waals surface area (Å²) in [6.45, 7) is 3.37. The maximum Gasteiger partial charge on any atom is 0.323 e. The lowest BCUT2D eigenvalue weighted by atomic mass is 10.0. The van der Waals surface area contributed by atoms with Gasteiger partial charge in [-0.2, -0.15) is 0 Å². The smallest absolute Gasteiger partial charge is 0.323 e. The van der Waals surface area contributed by atoms with Crippen LogP contribution in [-0.2, 0) is 11.3 Å². The molecule has 21 heavy (non-hydrogen) atoms. The summed E-state index contributed by atoms with van der Waals surface area (Å²) in [7, 11) is 0. The number of carboxylic acids is 1. The third kappa shape index (κ3) is 2.99.